The molecule has 0 spiro atoms. The number of aliphatic imine (C=N–C) groups is 1. The Hall–Kier alpha value is -0.640. The topological polar surface area (TPSA) is 61.8 Å². The Bertz CT molecular complexity index is 458. The number of halogens is 2. The second-order valence-corrected chi connectivity index (χ2v) is 5.61. The van der Waals surface area contributed by atoms with Crippen LogP contribution in [0.3, 0.4) is 0 Å². The van der Waals surface area contributed by atoms with Crippen LogP contribution in [-0.4, -0.2) is 69.3 Å². The van der Waals surface area contributed by atoms with Gasteiger partial charge in [-0.3, -0.25) is 4.99 Å². The predicted molar refractivity (Wildman–Crippen MR) is 112 cm³/mol. The normalized spacial score (nSPS) is 11.3. The van der Waals surface area contributed by atoms with Crippen LogP contribution in [0.25, 0.3) is 0 Å². The molecule has 0 saturated carbocycles. The lowest BCUT2D eigenvalue weighted by molar-refractivity contribution is 0.163. The van der Waals surface area contributed by atoms with Gasteiger partial charge in [0, 0.05) is 39.5 Å². The second-order valence-electron chi connectivity index (χ2n) is 5.22. The van der Waals surface area contributed by atoms with Gasteiger partial charge in [0.15, 0.2) is 5.96 Å². The van der Waals surface area contributed by atoms with E-state index in [2.05, 4.69) is 39.5 Å². The molecule has 0 aliphatic carbocycles. The maximum absolute atomic E-state index is 5.78. The number of hydrogen-bond donors (Lipinski definition) is 2. The highest BCUT2D eigenvalue weighted by molar-refractivity contribution is 14.0. The minimum atomic E-state index is 0. The van der Waals surface area contributed by atoms with Gasteiger partial charge in [0.1, 0.15) is 5.15 Å². The summed E-state index contributed by atoms with van der Waals surface area (Å²) in [5, 5.41) is 7.11. The van der Waals surface area contributed by atoms with Gasteiger partial charge >= 0.3 is 0 Å². The van der Waals surface area contributed by atoms with Crippen molar-refractivity contribution in [1.82, 2.24) is 20.5 Å². The molecule has 1 rings (SSSR count). The second kappa shape index (κ2) is 14.7. The van der Waals surface area contributed by atoms with E-state index < -0.39 is 0 Å². The minimum Gasteiger partial charge on any atom is -0.383 e. The predicted octanol–water partition coefficient (Wildman–Crippen LogP) is 2.03. The molecule has 1 aromatic heterocycles. The zero-order valence-electron chi connectivity index (χ0n) is 14.7. The minimum absolute atomic E-state index is 0. The molecular weight excluding hydrogens is 441 g/mol. The van der Waals surface area contributed by atoms with Gasteiger partial charge in [-0.05, 0) is 32.0 Å². The standard InChI is InChI=1S/C16H28ClN5O.HI/c1-4-18-16(20-9-10-22(2)11-12-23-3)19-8-7-14-5-6-15(17)21-13-14;/h5-6,13H,4,7-12H2,1-3H3,(H2,18,19,20);1H. The van der Waals surface area contributed by atoms with Crippen LogP contribution in [0.5, 0.6) is 0 Å². The lowest BCUT2D eigenvalue weighted by atomic mass is 10.2. The van der Waals surface area contributed by atoms with Gasteiger partial charge in [0.25, 0.3) is 0 Å². The summed E-state index contributed by atoms with van der Waals surface area (Å²) >= 11 is 5.78. The molecule has 0 saturated heterocycles. The van der Waals surface area contributed by atoms with E-state index in [-0.39, 0.29) is 24.0 Å². The van der Waals surface area contributed by atoms with Crippen molar-refractivity contribution in [2.45, 2.75) is 13.3 Å². The van der Waals surface area contributed by atoms with E-state index in [1.165, 1.54) is 0 Å². The molecule has 1 aromatic rings. The number of guanidine groups is 1. The third-order valence-corrected chi connectivity index (χ3v) is 3.49. The molecule has 8 heteroatoms. The highest BCUT2D eigenvalue weighted by Crippen LogP contribution is 2.05. The molecule has 2 N–H and O–H groups in total. The first-order chi connectivity index (χ1) is 11.2. The van der Waals surface area contributed by atoms with E-state index in [9.17, 15) is 0 Å². The van der Waals surface area contributed by atoms with Crippen molar-refractivity contribution in [2.75, 3.05) is 53.5 Å². The number of likely N-dealkylation sites (N-methyl/N-ethyl adjacent to an activating group) is 1. The van der Waals surface area contributed by atoms with Gasteiger partial charge in [-0.1, -0.05) is 17.7 Å². The average molecular weight is 470 g/mol. The van der Waals surface area contributed by atoms with Crippen molar-refractivity contribution >= 4 is 41.5 Å². The van der Waals surface area contributed by atoms with Crippen molar-refractivity contribution in [2.24, 2.45) is 4.99 Å². The zero-order chi connectivity index (χ0) is 16.9. The Morgan fingerprint density at radius 3 is 2.75 bits per heavy atom. The highest BCUT2D eigenvalue weighted by atomic mass is 127. The number of hydrogen-bond acceptors (Lipinski definition) is 4. The third kappa shape index (κ3) is 11.0. The molecule has 0 aromatic carbocycles. The van der Waals surface area contributed by atoms with E-state index in [1.54, 1.807) is 13.3 Å². The summed E-state index contributed by atoms with van der Waals surface area (Å²) in [4.78, 5) is 10.9. The molecule has 0 bridgehead atoms. The fourth-order valence-electron chi connectivity index (χ4n) is 1.91. The fourth-order valence-corrected chi connectivity index (χ4v) is 2.02. The molecule has 0 fully saturated rings. The molecule has 138 valence electrons. The summed E-state index contributed by atoms with van der Waals surface area (Å²) in [5.41, 5.74) is 1.15. The first kappa shape index (κ1) is 23.4. The van der Waals surface area contributed by atoms with E-state index in [0.717, 1.165) is 57.3 Å². The summed E-state index contributed by atoms with van der Waals surface area (Å²) in [5.74, 6) is 0.842. The molecule has 6 nitrogen and oxygen atoms in total. The van der Waals surface area contributed by atoms with E-state index in [0.29, 0.717) is 5.15 Å². The summed E-state index contributed by atoms with van der Waals surface area (Å²) in [7, 11) is 3.79. The number of pyridine rings is 1. The number of rotatable bonds is 10. The van der Waals surface area contributed by atoms with E-state index >= 15 is 0 Å². The molecule has 0 amide bonds. The van der Waals surface area contributed by atoms with Crippen molar-refractivity contribution < 1.29 is 4.74 Å². The van der Waals surface area contributed by atoms with Crippen LogP contribution in [-0.2, 0) is 11.2 Å². The summed E-state index contributed by atoms with van der Waals surface area (Å²) in [6.07, 6.45) is 2.68. The van der Waals surface area contributed by atoms with Crippen LogP contribution in [0.2, 0.25) is 5.15 Å². The van der Waals surface area contributed by atoms with Gasteiger partial charge in [-0.25, -0.2) is 4.98 Å². The summed E-state index contributed by atoms with van der Waals surface area (Å²) in [6.45, 7) is 7.01. The van der Waals surface area contributed by atoms with Crippen molar-refractivity contribution in [3.05, 3.63) is 29.0 Å². The van der Waals surface area contributed by atoms with Crippen LogP contribution < -0.4 is 10.6 Å². The lowest BCUT2D eigenvalue weighted by Crippen LogP contribution is -2.39. The number of aromatic nitrogens is 1. The molecule has 24 heavy (non-hydrogen) atoms. The monoisotopic (exact) mass is 469 g/mol. The molecule has 1 heterocycles. The van der Waals surface area contributed by atoms with Crippen LogP contribution in [0.4, 0.5) is 0 Å². The molecule has 0 radical (unpaired) electrons. The number of ether oxygens (including phenoxy) is 1. The van der Waals surface area contributed by atoms with Gasteiger partial charge in [-0.2, -0.15) is 0 Å². The number of nitrogens with zero attached hydrogens (tertiary/aromatic N) is 3. The largest absolute Gasteiger partial charge is 0.383 e. The molecule has 0 atom stereocenters. The van der Waals surface area contributed by atoms with Gasteiger partial charge < -0.3 is 20.3 Å². The smallest absolute Gasteiger partial charge is 0.191 e. The van der Waals surface area contributed by atoms with Crippen LogP contribution >= 0.6 is 35.6 Å². The van der Waals surface area contributed by atoms with Gasteiger partial charge in [-0.15, -0.1) is 24.0 Å². The number of methoxy groups -OCH3 is 1. The molecule has 0 aliphatic heterocycles. The van der Waals surface area contributed by atoms with Crippen LogP contribution in [0.1, 0.15) is 12.5 Å². The molecular formula is C16H29ClIN5O. The average Bonchev–Trinajstić information content (AvgIpc) is 2.54. The lowest BCUT2D eigenvalue weighted by Gasteiger charge is -2.15. The summed E-state index contributed by atoms with van der Waals surface area (Å²) in [6, 6.07) is 3.80. The van der Waals surface area contributed by atoms with E-state index in [1.807, 2.05) is 12.1 Å². The molecule has 0 unspecified atom stereocenters. The first-order valence-corrected chi connectivity index (χ1v) is 8.33. The fraction of sp³-hybridized carbons (Fsp3) is 0.625. The Labute approximate surface area is 167 Å². The Kier molecular flexibility index (Phi) is 14.3. The maximum atomic E-state index is 5.78. The van der Waals surface area contributed by atoms with Crippen molar-refractivity contribution in [3.8, 4) is 0 Å². The highest BCUT2D eigenvalue weighted by Gasteiger charge is 2.00. The third-order valence-electron chi connectivity index (χ3n) is 3.27. The first-order valence-electron chi connectivity index (χ1n) is 7.95. The van der Waals surface area contributed by atoms with Crippen molar-refractivity contribution in [3.63, 3.8) is 0 Å². The Morgan fingerprint density at radius 2 is 2.12 bits per heavy atom. The quantitative estimate of drug-likeness (QED) is 0.238. The molecule has 0 aliphatic rings. The maximum Gasteiger partial charge on any atom is 0.191 e. The summed E-state index contributed by atoms with van der Waals surface area (Å²) < 4.78 is 5.07. The van der Waals surface area contributed by atoms with Crippen LogP contribution in [0, 0.1) is 0 Å². The van der Waals surface area contributed by atoms with Crippen molar-refractivity contribution in [1.29, 1.82) is 0 Å². The SMILES string of the molecule is CCNC(=NCCN(C)CCOC)NCCc1ccc(Cl)nc1.I. The zero-order valence-corrected chi connectivity index (χ0v) is 17.8. The van der Waals surface area contributed by atoms with Crippen LogP contribution in [0.15, 0.2) is 23.3 Å². The van der Waals surface area contributed by atoms with Gasteiger partial charge in [0.2, 0.25) is 0 Å². The Morgan fingerprint density at radius 1 is 1.33 bits per heavy atom. The van der Waals surface area contributed by atoms with E-state index in [4.69, 9.17) is 16.3 Å². The number of nitrogens with one attached hydrogen (secondary N) is 2. The Balaban J connectivity index is 0.00000529. The van der Waals surface area contributed by atoms with Gasteiger partial charge in [0.05, 0.1) is 13.2 Å².